The number of benzene rings is 1. The summed E-state index contributed by atoms with van der Waals surface area (Å²) in [6.45, 7) is 8.24. The van der Waals surface area contributed by atoms with Crippen molar-refractivity contribution < 1.29 is 18.3 Å². The van der Waals surface area contributed by atoms with E-state index in [-0.39, 0.29) is 17.6 Å². The van der Waals surface area contributed by atoms with Crippen molar-refractivity contribution in [2.75, 3.05) is 33.3 Å². The number of nitrogens with zero attached hydrogens (tertiary/aromatic N) is 6. The van der Waals surface area contributed by atoms with E-state index in [0.717, 1.165) is 24.2 Å². The number of likely N-dealkylation sites (N-methyl/N-ethyl adjacent to an activating group) is 1. The van der Waals surface area contributed by atoms with Gasteiger partial charge in [0, 0.05) is 49.7 Å². The van der Waals surface area contributed by atoms with E-state index in [4.69, 9.17) is 4.74 Å². The molecule has 0 saturated heterocycles. The molecule has 3 heterocycles. The van der Waals surface area contributed by atoms with Crippen LogP contribution in [-0.4, -0.2) is 63.8 Å². The lowest BCUT2D eigenvalue weighted by molar-refractivity contribution is 0.0669. The zero-order valence-corrected chi connectivity index (χ0v) is 23.0. The van der Waals surface area contributed by atoms with Gasteiger partial charge in [-0.3, -0.25) is 14.5 Å². The molecule has 1 aliphatic rings. The summed E-state index contributed by atoms with van der Waals surface area (Å²) in [6, 6.07) is 7.25. The number of amides is 1. The van der Waals surface area contributed by atoms with Crippen LogP contribution in [0.2, 0.25) is 0 Å². The quantitative estimate of drug-likeness (QED) is 0.365. The number of nitriles is 1. The molecule has 2 aromatic heterocycles. The van der Waals surface area contributed by atoms with Crippen LogP contribution in [0.15, 0.2) is 30.6 Å². The van der Waals surface area contributed by atoms with Gasteiger partial charge >= 0.3 is 0 Å². The first-order chi connectivity index (χ1) is 18.7. The van der Waals surface area contributed by atoms with Crippen LogP contribution in [0.3, 0.4) is 0 Å². The summed E-state index contributed by atoms with van der Waals surface area (Å²) < 4.78 is 34.9. The van der Waals surface area contributed by atoms with E-state index in [1.807, 2.05) is 33.0 Å². The third kappa shape index (κ3) is 5.78. The molecule has 8 nitrogen and oxygen atoms in total. The Morgan fingerprint density at radius 1 is 1.21 bits per heavy atom. The minimum atomic E-state index is -2.73. The Balaban J connectivity index is 1.76. The number of aromatic nitrogens is 3. The Morgan fingerprint density at radius 2 is 1.95 bits per heavy atom. The van der Waals surface area contributed by atoms with E-state index in [0.29, 0.717) is 59.7 Å². The number of rotatable bonds is 10. The highest BCUT2D eigenvalue weighted by Crippen LogP contribution is 2.38. The van der Waals surface area contributed by atoms with Gasteiger partial charge in [-0.05, 0) is 63.0 Å². The Hall–Kier alpha value is -3.84. The lowest BCUT2D eigenvalue weighted by Crippen LogP contribution is -2.40. The maximum absolute atomic E-state index is 14.0. The summed E-state index contributed by atoms with van der Waals surface area (Å²) in [5.41, 5.74) is 3.85. The molecule has 0 radical (unpaired) electrons. The molecule has 39 heavy (non-hydrogen) atoms. The van der Waals surface area contributed by atoms with Gasteiger partial charge in [-0.1, -0.05) is 13.0 Å². The number of fused-ring (bicyclic) bond motifs is 1. The summed E-state index contributed by atoms with van der Waals surface area (Å²) in [5.74, 6) is 0.254. The summed E-state index contributed by atoms with van der Waals surface area (Å²) >= 11 is 0. The Morgan fingerprint density at radius 3 is 2.62 bits per heavy atom. The molecule has 1 aromatic carbocycles. The summed E-state index contributed by atoms with van der Waals surface area (Å²) in [4.78, 5) is 22.3. The molecule has 0 spiro atoms. The van der Waals surface area contributed by atoms with Crippen LogP contribution in [-0.2, 0) is 19.9 Å². The Labute approximate surface area is 227 Å². The van der Waals surface area contributed by atoms with Crippen LogP contribution >= 0.6 is 0 Å². The molecule has 0 unspecified atom stereocenters. The van der Waals surface area contributed by atoms with Crippen LogP contribution in [0, 0.1) is 11.3 Å². The van der Waals surface area contributed by atoms with Crippen LogP contribution < -0.4 is 4.74 Å². The molecule has 0 bridgehead atoms. The van der Waals surface area contributed by atoms with Crippen LogP contribution in [0.5, 0.6) is 5.75 Å². The molecule has 0 N–H and O–H groups in total. The molecular weight excluding hydrogens is 502 g/mol. The minimum absolute atomic E-state index is 0.178. The first kappa shape index (κ1) is 28.2. The summed E-state index contributed by atoms with van der Waals surface area (Å²) in [6.07, 6.45) is 1.52. The highest BCUT2D eigenvalue weighted by atomic mass is 19.3. The second-order valence-electron chi connectivity index (χ2n) is 9.79. The fourth-order valence-corrected chi connectivity index (χ4v) is 4.99. The summed E-state index contributed by atoms with van der Waals surface area (Å²) in [5, 5.41) is 13.4. The predicted octanol–water partition coefficient (Wildman–Crippen LogP) is 4.94. The SMILES string of the molecule is CCOc1cc([C@H](C)N2CCc3c(cc(CCN(C)CC)cc3-c3cn(C)nc3C(F)F)C2=O)ncc1C#N. The van der Waals surface area contributed by atoms with Crippen molar-refractivity contribution in [1.82, 2.24) is 24.6 Å². The van der Waals surface area contributed by atoms with E-state index in [1.54, 1.807) is 24.2 Å². The van der Waals surface area contributed by atoms with Crippen molar-refractivity contribution >= 4 is 5.91 Å². The molecule has 0 saturated carbocycles. The molecule has 1 amide bonds. The predicted molar refractivity (Wildman–Crippen MR) is 144 cm³/mol. The zero-order chi connectivity index (χ0) is 28.3. The molecule has 206 valence electrons. The van der Waals surface area contributed by atoms with E-state index < -0.39 is 6.43 Å². The van der Waals surface area contributed by atoms with E-state index >= 15 is 0 Å². The van der Waals surface area contributed by atoms with Crippen molar-refractivity contribution in [3.05, 3.63) is 64.2 Å². The lowest BCUT2D eigenvalue weighted by atomic mass is 9.87. The van der Waals surface area contributed by atoms with Crippen LogP contribution in [0.1, 0.15) is 71.7 Å². The topological polar surface area (TPSA) is 87.3 Å². The Kier molecular flexibility index (Phi) is 8.60. The molecular formula is C29H34F2N6O2. The number of halogens is 2. The highest BCUT2D eigenvalue weighted by molar-refractivity contribution is 5.99. The van der Waals surface area contributed by atoms with Crippen molar-refractivity contribution in [2.24, 2.45) is 7.05 Å². The molecule has 1 atom stereocenters. The van der Waals surface area contributed by atoms with Gasteiger partial charge < -0.3 is 14.5 Å². The van der Waals surface area contributed by atoms with Gasteiger partial charge in [0.25, 0.3) is 12.3 Å². The first-order valence-corrected chi connectivity index (χ1v) is 13.2. The van der Waals surface area contributed by atoms with E-state index in [2.05, 4.69) is 28.0 Å². The molecule has 0 aliphatic carbocycles. The number of alkyl halides is 2. The minimum Gasteiger partial charge on any atom is -0.492 e. The van der Waals surface area contributed by atoms with E-state index in [9.17, 15) is 18.8 Å². The second kappa shape index (κ2) is 11.9. The highest BCUT2D eigenvalue weighted by Gasteiger charge is 2.33. The van der Waals surface area contributed by atoms with Crippen molar-refractivity contribution in [2.45, 2.75) is 46.1 Å². The zero-order valence-electron chi connectivity index (χ0n) is 23.0. The van der Waals surface area contributed by atoms with Gasteiger partial charge in [-0.25, -0.2) is 8.78 Å². The average molecular weight is 537 g/mol. The van der Waals surface area contributed by atoms with Gasteiger partial charge in [0.1, 0.15) is 23.1 Å². The molecule has 3 aromatic rings. The molecule has 0 fully saturated rings. The van der Waals surface area contributed by atoms with Crippen LogP contribution in [0.4, 0.5) is 8.78 Å². The molecule has 10 heteroatoms. The first-order valence-electron chi connectivity index (χ1n) is 13.2. The van der Waals surface area contributed by atoms with Gasteiger partial charge in [0.05, 0.1) is 18.3 Å². The van der Waals surface area contributed by atoms with Gasteiger partial charge in [-0.2, -0.15) is 10.4 Å². The van der Waals surface area contributed by atoms with Gasteiger partial charge in [0.15, 0.2) is 0 Å². The van der Waals surface area contributed by atoms with Gasteiger partial charge in [0.2, 0.25) is 0 Å². The maximum atomic E-state index is 14.0. The number of pyridine rings is 1. The second-order valence-corrected chi connectivity index (χ2v) is 9.79. The van der Waals surface area contributed by atoms with Crippen molar-refractivity contribution in [1.29, 1.82) is 5.26 Å². The van der Waals surface area contributed by atoms with E-state index in [1.165, 1.54) is 10.9 Å². The summed E-state index contributed by atoms with van der Waals surface area (Å²) in [7, 11) is 3.64. The molecule has 1 aliphatic heterocycles. The maximum Gasteiger partial charge on any atom is 0.282 e. The number of carbonyl (C=O) groups is 1. The number of hydrogen-bond donors (Lipinski definition) is 0. The van der Waals surface area contributed by atoms with Crippen LogP contribution in [0.25, 0.3) is 11.1 Å². The number of ether oxygens (including phenoxy) is 1. The molecule has 4 rings (SSSR count). The normalized spacial score (nSPS) is 14.1. The number of aryl methyl sites for hydroxylation is 1. The van der Waals surface area contributed by atoms with Gasteiger partial charge in [-0.15, -0.1) is 0 Å². The fourth-order valence-electron chi connectivity index (χ4n) is 4.99. The number of carbonyl (C=O) groups excluding carboxylic acids is 1. The third-order valence-corrected chi connectivity index (χ3v) is 7.28. The fraction of sp³-hybridized carbons (Fsp3) is 0.448. The third-order valence-electron chi connectivity index (χ3n) is 7.28. The Bertz CT molecular complexity index is 1400. The van der Waals surface area contributed by atoms with Crippen molar-refractivity contribution in [3.63, 3.8) is 0 Å². The largest absolute Gasteiger partial charge is 0.492 e. The smallest absolute Gasteiger partial charge is 0.282 e. The standard InChI is InChI=1S/C29H34F2N6O2/c1-6-35(4)10-8-19-12-22(24-17-36(5)34-27(24)28(30)31)21-9-11-37(29(38)23(21)13-19)18(3)25-14-26(39-7-2)20(15-32)16-33-25/h12-14,16-18,28H,6-11H2,1-5H3/t18-/m0/s1. The number of hydrogen-bond acceptors (Lipinski definition) is 6. The van der Waals surface area contributed by atoms with Crippen molar-refractivity contribution in [3.8, 4) is 22.9 Å². The lowest BCUT2D eigenvalue weighted by Gasteiger charge is -2.34. The monoisotopic (exact) mass is 536 g/mol. The average Bonchev–Trinajstić information content (AvgIpc) is 3.33.